The fourth-order valence-corrected chi connectivity index (χ4v) is 3.69. The highest BCUT2D eigenvalue weighted by atomic mass is 16.2. The van der Waals surface area contributed by atoms with Crippen molar-refractivity contribution in [1.29, 1.82) is 0 Å². The molecule has 0 spiro atoms. The van der Waals surface area contributed by atoms with Crippen molar-refractivity contribution in [1.82, 2.24) is 10.3 Å². The summed E-state index contributed by atoms with van der Waals surface area (Å²) >= 11 is 0. The van der Waals surface area contributed by atoms with Gasteiger partial charge in [0.2, 0.25) is 0 Å². The molecule has 4 heteroatoms. The van der Waals surface area contributed by atoms with Crippen LogP contribution in [-0.2, 0) is 9.59 Å². The number of imide groups is 1. The van der Waals surface area contributed by atoms with Crippen LogP contribution in [0.25, 0.3) is 32.8 Å². The quantitative estimate of drug-likeness (QED) is 0.545. The Kier molecular flexibility index (Phi) is 3.06. The Morgan fingerprint density at radius 3 is 2.12 bits per heavy atom. The molecular weight excluding hydrogens is 324 g/mol. The van der Waals surface area contributed by atoms with Gasteiger partial charge in [-0.05, 0) is 22.4 Å². The van der Waals surface area contributed by atoms with Crippen molar-refractivity contribution >= 4 is 44.6 Å². The molecule has 0 unspecified atom stereocenters. The number of H-pyrrole nitrogens is 1. The number of carbonyl (C=O) groups excluding carboxylic acids is 2. The second-order valence-corrected chi connectivity index (χ2v) is 6.31. The van der Waals surface area contributed by atoms with Gasteiger partial charge in [-0.2, -0.15) is 0 Å². The lowest BCUT2D eigenvalue weighted by Crippen LogP contribution is -2.22. The van der Waals surface area contributed by atoms with E-state index in [4.69, 9.17) is 0 Å². The molecule has 0 atom stereocenters. The summed E-state index contributed by atoms with van der Waals surface area (Å²) in [6, 6.07) is 21.4. The number of para-hydroxylation sites is 1. The van der Waals surface area contributed by atoms with E-state index in [0.29, 0.717) is 11.1 Å². The van der Waals surface area contributed by atoms with E-state index < -0.39 is 0 Å². The number of fused-ring (bicyclic) bond motifs is 2. The smallest absolute Gasteiger partial charge is 0.259 e. The zero-order chi connectivity index (χ0) is 17.7. The molecule has 0 saturated carbocycles. The van der Waals surface area contributed by atoms with Crippen molar-refractivity contribution in [2.45, 2.75) is 0 Å². The van der Waals surface area contributed by atoms with Crippen LogP contribution in [0.1, 0.15) is 11.1 Å². The van der Waals surface area contributed by atoms with Gasteiger partial charge in [0.1, 0.15) is 0 Å². The second-order valence-electron chi connectivity index (χ2n) is 6.31. The van der Waals surface area contributed by atoms with E-state index in [9.17, 15) is 9.59 Å². The molecule has 0 saturated heterocycles. The first-order valence-corrected chi connectivity index (χ1v) is 8.38. The van der Waals surface area contributed by atoms with Gasteiger partial charge in [0.25, 0.3) is 11.8 Å². The van der Waals surface area contributed by atoms with Crippen molar-refractivity contribution in [2.24, 2.45) is 0 Å². The van der Waals surface area contributed by atoms with E-state index in [1.165, 1.54) is 0 Å². The molecule has 4 aromatic rings. The van der Waals surface area contributed by atoms with Crippen LogP contribution in [0.4, 0.5) is 0 Å². The summed E-state index contributed by atoms with van der Waals surface area (Å²) in [4.78, 5) is 28.5. The maximum absolute atomic E-state index is 12.7. The van der Waals surface area contributed by atoms with Gasteiger partial charge in [0.15, 0.2) is 0 Å². The maximum Gasteiger partial charge on any atom is 0.259 e. The topological polar surface area (TPSA) is 62.0 Å². The lowest BCUT2D eigenvalue weighted by atomic mass is 9.92. The van der Waals surface area contributed by atoms with Crippen LogP contribution < -0.4 is 5.32 Å². The van der Waals surface area contributed by atoms with Crippen LogP contribution in [0, 0.1) is 0 Å². The van der Waals surface area contributed by atoms with Crippen LogP contribution in [0.15, 0.2) is 72.9 Å². The molecule has 0 aliphatic carbocycles. The van der Waals surface area contributed by atoms with Crippen molar-refractivity contribution in [3.8, 4) is 0 Å². The number of amides is 2. The largest absolute Gasteiger partial charge is 0.361 e. The number of hydrogen-bond acceptors (Lipinski definition) is 2. The van der Waals surface area contributed by atoms with Crippen LogP contribution in [0.3, 0.4) is 0 Å². The highest BCUT2D eigenvalue weighted by Gasteiger charge is 2.34. The lowest BCUT2D eigenvalue weighted by molar-refractivity contribution is -0.122. The molecule has 0 fully saturated rings. The summed E-state index contributed by atoms with van der Waals surface area (Å²) in [7, 11) is 0. The van der Waals surface area contributed by atoms with Gasteiger partial charge in [0, 0.05) is 22.7 Å². The minimum atomic E-state index is -0.359. The Balaban J connectivity index is 1.87. The zero-order valence-electron chi connectivity index (χ0n) is 13.7. The Bertz CT molecular complexity index is 1240. The third-order valence-electron chi connectivity index (χ3n) is 4.85. The molecule has 1 aliphatic heterocycles. The van der Waals surface area contributed by atoms with E-state index in [1.54, 1.807) is 6.20 Å². The summed E-state index contributed by atoms with van der Waals surface area (Å²) in [5.74, 6) is -0.714. The maximum atomic E-state index is 12.7. The Morgan fingerprint density at radius 2 is 1.27 bits per heavy atom. The first-order valence-electron chi connectivity index (χ1n) is 8.38. The van der Waals surface area contributed by atoms with Gasteiger partial charge in [-0.3, -0.25) is 14.9 Å². The van der Waals surface area contributed by atoms with Gasteiger partial charge in [-0.1, -0.05) is 60.7 Å². The predicted molar refractivity (Wildman–Crippen MR) is 102 cm³/mol. The molecule has 2 N–H and O–H groups in total. The van der Waals surface area contributed by atoms with Crippen LogP contribution in [0.2, 0.25) is 0 Å². The first kappa shape index (κ1) is 14.7. The molecule has 2 heterocycles. The summed E-state index contributed by atoms with van der Waals surface area (Å²) in [5.41, 5.74) is 3.29. The standard InChI is InChI=1S/C22H14N2O2/c25-21-19(16-10-5-7-13-6-1-2-8-14(13)16)20(22(26)24-21)17-12-23-18-11-4-3-9-15(17)18/h1-12,23H,(H,24,25,26). The highest BCUT2D eigenvalue weighted by Crippen LogP contribution is 2.37. The van der Waals surface area contributed by atoms with Crippen molar-refractivity contribution in [2.75, 3.05) is 0 Å². The summed E-state index contributed by atoms with van der Waals surface area (Å²) in [5, 5.41) is 5.37. The van der Waals surface area contributed by atoms with E-state index in [-0.39, 0.29) is 11.8 Å². The third-order valence-corrected chi connectivity index (χ3v) is 4.85. The Labute approximate surface area is 149 Å². The van der Waals surface area contributed by atoms with Crippen molar-refractivity contribution < 1.29 is 9.59 Å². The van der Waals surface area contributed by atoms with E-state index in [2.05, 4.69) is 10.3 Å². The van der Waals surface area contributed by atoms with Crippen LogP contribution >= 0.6 is 0 Å². The van der Waals surface area contributed by atoms with Gasteiger partial charge >= 0.3 is 0 Å². The Morgan fingerprint density at radius 1 is 0.615 bits per heavy atom. The minimum Gasteiger partial charge on any atom is -0.361 e. The number of carbonyl (C=O) groups is 2. The van der Waals surface area contributed by atoms with E-state index in [0.717, 1.165) is 32.8 Å². The van der Waals surface area contributed by atoms with Gasteiger partial charge in [-0.15, -0.1) is 0 Å². The summed E-state index contributed by atoms with van der Waals surface area (Å²) in [6.07, 6.45) is 1.79. The van der Waals surface area contributed by atoms with E-state index in [1.807, 2.05) is 66.7 Å². The normalized spacial score (nSPS) is 14.5. The monoisotopic (exact) mass is 338 g/mol. The molecule has 3 aromatic carbocycles. The molecule has 5 rings (SSSR count). The van der Waals surface area contributed by atoms with Gasteiger partial charge in [0.05, 0.1) is 11.1 Å². The molecule has 1 aromatic heterocycles. The first-order chi connectivity index (χ1) is 12.7. The van der Waals surface area contributed by atoms with Gasteiger partial charge < -0.3 is 4.98 Å². The van der Waals surface area contributed by atoms with Crippen LogP contribution in [-0.4, -0.2) is 16.8 Å². The number of nitrogens with one attached hydrogen (secondary N) is 2. The highest BCUT2D eigenvalue weighted by molar-refractivity contribution is 6.50. The second kappa shape index (κ2) is 5.43. The minimum absolute atomic E-state index is 0.355. The number of hydrogen-bond donors (Lipinski definition) is 2. The number of benzene rings is 3. The number of aromatic nitrogens is 1. The van der Waals surface area contributed by atoms with Crippen LogP contribution in [0.5, 0.6) is 0 Å². The molecule has 1 aliphatic rings. The predicted octanol–water partition coefficient (Wildman–Crippen LogP) is 3.89. The molecule has 26 heavy (non-hydrogen) atoms. The molecule has 4 nitrogen and oxygen atoms in total. The summed E-state index contributed by atoms with van der Waals surface area (Å²) < 4.78 is 0. The molecule has 0 radical (unpaired) electrons. The van der Waals surface area contributed by atoms with E-state index >= 15 is 0 Å². The average molecular weight is 338 g/mol. The lowest BCUT2D eigenvalue weighted by Gasteiger charge is -2.08. The fourth-order valence-electron chi connectivity index (χ4n) is 3.69. The number of aromatic amines is 1. The zero-order valence-corrected chi connectivity index (χ0v) is 13.7. The fraction of sp³-hybridized carbons (Fsp3) is 0. The van der Waals surface area contributed by atoms with Crippen molar-refractivity contribution in [3.05, 3.63) is 84.1 Å². The molecule has 124 valence electrons. The average Bonchev–Trinajstić information content (AvgIpc) is 3.21. The van der Waals surface area contributed by atoms with Crippen molar-refractivity contribution in [3.63, 3.8) is 0 Å². The Hall–Kier alpha value is -3.66. The molecule has 2 amide bonds. The SMILES string of the molecule is O=C1NC(=O)C(c2c[nH]c3ccccc23)=C1c1cccc2ccccc12. The third kappa shape index (κ3) is 2.02. The van der Waals surface area contributed by atoms with Gasteiger partial charge in [-0.25, -0.2) is 0 Å². The summed E-state index contributed by atoms with van der Waals surface area (Å²) in [6.45, 7) is 0. The molecule has 0 bridgehead atoms. The molecular formula is C22H14N2O2. The number of rotatable bonds is 2.